The molecule has 0 aliphatic carbocycles. The van der Waals surface area contributed by atoms with E-state index in [0.717, 1.165) is 31.7 Å². The minimum Gasteiger partial charge on any atom is -0.506 e. The molecule has 0 radical (unpaired) electrons. The Morgan fingerprint density at radius 3 is 1.96 bits per heavy atom. The first-order chi connectivity index (χ1) is 22.2. The van der Waals surface area contributed by atoms with Gasteiger partial charge < -0.3 is 14.8 Å². The molecule has 0 amide bonds. The summed E-state index contributed by atoms with van der Waals surface area (Å²) in [5.41, 5.74) is 7.60. The number of thioether (sulfide) groups is 1. The number of hydrogen-bond acceptors (Lipinski definition) is 4. The minimum absolute atomic E-state index is 0.00647. The molecule has 6 aromatic rings. The largest absolute Gasteiger partial charge is 0.506 e. The summed E-state index contributed by atoms with van der Waals surface area (Å²) >= 11 is 8.54. The van der Waals surface area contributed by atoms with Crippen LogP contribution in [0.15, 0.2) is 110 Å². The fourth-order valence-corrected chi connectivity index (χ4v) is 8.05. The molecule has 0 spiro atoms. The van der Waals surface area contributed by atoms with Gasteiger partial charge >= 0.3 is 0 Å². The summed E-state index contributed by atoms with van der Waals surface area (Å²) in [6, 6.07) is 30.9. The van der Waals surface area contributed by atoms with Gasteiger partial charge in [-0.1, -0.05) is 87.8 Å². The molecule has 2 N–H and O–H groups in total. The number of aliphatic imine (C=N–C) groups is 1. The predicted molar refractivity (Wildman–Crippen MR) is 207 cm³/mol. The number of halogens is 2. The Balaban J connectivity index is 1.41. The van der Waals surface area contributed by atoms with Gasteiger partial charge in [0.2, 0.25) is 0 Å². The van der Waals surface area contributed by atoms with Crippen molar-refractivity contribution >= 4 is 77.3 Å². The van der Waals surface area contributed by atoms with Crippen molar-refractivity contribution in [2.75, 3.05) is 0 Å². The number of fused-ring (bicyclic) bond motifs is 3. The van der Waals surface area contributed by atoms with Crippen LogP contribution < -0.4 is 0 Å². The van der Waals surface area contributed by atoms with Crippen LogP contribution in [0.3, 0.4) is 0 Å². The minimum atomic E-state index is 0.00647. The van der Waals surface area contributed by atoms with Crippen LogP contribution in [0.2, 0.25) is 0 Å². The third-order valence-corrected chi connectivity index (χ3v) is 10.7. The number of phenolic OH excluding ortho intramolecular Hbond substituents is 2. The van der Waals surface area contributed by atoms with Crippen molar-refractivity contribution in [3.63, 3.8) is 0 Å². The standard InChI is InChI=1S/C40H38Br2N2O2S/c1-39(2,3)26-14-16-33-29(19-26)30-20-27(40(4,5)6)15-17-34(30)44(33)35-12-9-10-24(38(35)46)22-43-32-11-7-8-13-36(32)47-23-25-18-28(41)21-31(42)37(25)45/h7-22,45-46H,23H2,1-6H3. The van der Waals surface area contributed by atoms with Crippen LogP contribution >= 0.6 is 43.6 Å². The lowest BCUT2D eigenvalue weighted by molar-refractivity contribution is 0.467. The smallest absolute Gasteiger partial charge is 0.148 e. The summed E-state index contributed by atoms with van der Waals surface area (Å²) in [6.07, 6.45) is 1.73. The molecule has 0 bridgehead atoms. The number of rotatable bonds is 6. The van der Waals surface area contributed by atoms with E-state index in [1.807, 2.05) is 54.6 Å². The highest BCUT2D eigenvalue weighted by Crippen LogP contribution is 2.41. The number of para-hydroxylation sites is 2. The maximum Gasteiger partial charge on any atom is 0.148 e. The highest BCUT2D eigenvalue weighted by molar-refractivity contribution is 9.11. The molecule has 0 atom stereocenters. The maximum absolute atomic E-state index is 11.8. The van der Waals surface area contributed by atoms with Crippen LogP contribution in [0.5, 0.6) is 11.5 Å². The molecule has 0 unspecified atom stereocenters. The lowest BCUT2D eigenvalue weighted by atomic mass is 9.85. The van der Waals surface area contributed by atoms with E-state index in [2.05, 4.69) is 114 Å². The van der Waals surface area contributed by atoms with Crippen molar-refractivity contribution in [1.82, 2.24) is 4.57 Å². The molecule has 0 saturated carbocycles. The predicted octanol–water partition coefficient (Wildman–Crippen LogP) is 12.4. The monoisotopic (exact) mass is 768 g/mol. The topological polar surface area (TPSA) is 57.8 Å². The van der Waals surface area contributed by atoms with E-state index < -0.39 is 0 Å². The zero-order valence-electron chi connectivity index (χ0n) is 27.4. The Bertz CT molecular complexity index is 2100. The van der Waals surface area contributed by atoms with Crippen LogP contribution in [0.25, 0.3) is 27.5 Å². The molecule has 0 aliphatic heterocycles. The second kappa shape index (κ2) is 12.8. The molecular weight excluding hydrogens is 732 g/mol. The number of hydrogen-bond donors (Lipinski definition) is 2. The molecule has 47 heavy (non-hydrogen) atoms. The van der Waals surface area contributed by atoms with Gasteiger partial charge in [0, 0.05) is 43.2 Å². The molecule has 4 nitrogen and oxygen atoms in total. The van der Waals surface area contributed by atoms with Crippen LogP contribution in [0.4, 0.5) is 5.69 Å². The molecule has 0 fully saturated rings. The average Bonchev–Trinajstić information content (AvgIpc) is 3.34. The number of phenols is 2. The van der Waals surface area contributed by atoms with E-state index >= 15 is 0 Å². The van der Waals surface area contributed by atoms with Crippen molar-refractivity contribution in [2.45, 2.75) is 63.0 Å². The maximum atomic E-state index is 11.8. The zero-order valence-corrected chi connectivity index (χ0v) is 31.4. The number of aromatic hydroxyl groups is 2. The van der Waals surface area contributed by atoms with E-state index in [0.29, 0.717) is 21.5 Å². The van der Waals surface area contributed by atoms with Crippen LogP contribution in [0.1, 0.15) is 63.8 Å². The molecule has 6 rings (SSSR count). The Labute approximate surface area is 297 Å². The summed E-state index contributed by atoms with van der Waals surface area (Å²) in [7, 11) is 0. The Morgan fingerprint density at radius 1 is 0.723 bits per heavy atom. The molecule has 240 valence electrons. The highest BCUT2D eigenvalue weighted by atomic mass is 79.9. The second-order valence-corrected chi connectivity index (χ2v) is 16.7. The highest BCUT2D eigenvalue weighted by Gasteiger charge is 2.22. The Hall–Kier alpha value is -3.52. The summed E-state index contributed by atoms with van der Waals surface area (Å²) in [5.74, 6) is 0.973. The first-order valence-electron chi connectivity index (χ1n) is 15.6. The van der Waals surface area contributed by atoms with Gasteiger partial charge in [0.15, 0.2) is 0 Å². The van der Waals surface area contributed by atoms with E-state index in [1.165, 1.54) is 21.9 Å². The fraction of sp³-hybridized carbons (Fsp3) is 0.225. The lowest BCUT2D eigenvalue weighted by Crippen LogP contribution is -2.10. The first-order valence-corrected chi connectivity index (χ1v) is 18.1. The van der Waals surface area contributed by atoms with E-state index in [1.54, 1.807) is 18.0 Å². The first kappa shape index (κ1) is 33.4. The lowest BCUT2D eigenvalue weighted by Gasteiger charge is -2.19. The fourth-order valence-electron chi connectivity index (χ4n) is 5.76. The molecule has 5 aromatic carbocycles. The van der Waals surface area contributed by atoms with Gasteiger partial charge in [-0.05, 0) is 98.6 Å². The number of aromatic nitrogens is 1. The molecule has 1 heterocycles. The third kappa shape index (κ3) is 6.76. The second-order valence-electron chi connectivity index (χ2n) is 13.9. The van der Waals surface area contributed by atoms with Gasteiger partial charge in [-0.3, -0.25) is 4.99 Å². The summed E-state index contributed by atoms with van der Waals surface area (Å²) in [5, 5.41) is 24.7. The van der Waals surface area contributed by atoms with Crippen molar-refractivity contribution in [3.8, 4) is 17.2 Å². The van der Waals surface area contributed by atoms with Crippen molar-refractivity contribution in [1.29, 1.82) is 0 Å². The van der Waals surface area contributed by atoms with E-state index in [9.17, 15) is 10.2 Å². The van der Waals surface area contributed by atoms with E-state index in [4.69, 9.17) is 4.99 Å². The van der Waals surface area contributed by atoms with E-state index in [-0.39, 0.29) is 22.3 Å². The van der Waals surface area contributed by atoms with Gasteiger partial charge in [0.25, 0.3) is 0 Å². The normalized spacial score (nSPS) is 12.5. The van der Waals surface area contributed by atoms with Crippen molar-refractivity contribution in [3.05, 3.63) is 122 Å². The van der Waals surface area contributed by atoms with Gasteiger partial charge in [0.05, 0.1) is 26.9 Å². The summed E-state index contributed by atoms with van der Waals surface area (Å²) in [6.45, 7) is 13.4. The number of nitrogens with zero attached hydrogens (tertiary/aromatic N) is 2. The zero-order chi connectivity index (χ0) is 33.7. The van der Waals surface area contributed by atoms with Crippen LogP contribution in [-0.2, 0) is 16.6 Å². The van der Waals surface area contributed by atoms with Crippen LogP contribution in [0, 0.1) is 0 Å². The van der Waals surface area contributed by atoms with Crippen molar-refractivity contribution in [2.24, 2.45) is 4.99 Å². The van der Waals surface area contributed by atoms with Crippen LogP contribution in [-0.4, -0.2) is 21.0 Å². The molecule has 0 aliphatic rings. The number of benzene rings is 5. The van der Waals surface area contributed by atoms with Gasteiger partial charge in [-0.25, -0.2) is 0 Å². The van der Waals surface area contributed by atoms with Gasteiger partial charge in [0.1, 0.15) is 11.5 Å². The summed E-state index contributed by atoms with van der Waals surface area (Å²) in [4.78, 5) is 5.81. The quantitative estimate of drug-likeness (QED) is 0.131. The third-order valence-electron chi connectivity index (χ3n) is 8.48. The molecular formula is C40H38Br2N2O2S. The van der Waals surface area contributed by atoms with Crippen molar-refractivity contribution < 1.29 is 10.2 Å². The van der Waals surface area contributed by atoms with Gasteiger partial charge in [-0.2, -0.15) is 0 Å². The Kier molecular flexibility index (Phi) is 9.11. The summed E-state index contributed by atoms with van der Waals surface area (Å²) < 4.78 is 3.71. The molecule has 0 saturated heterocycles. The molecule has 7 heteroatoms. The van der Waals surface area contributed by atoms with Gasteiger partial charge in [-0.15, -0.1) is 11.8 Å². The SMILES string of the molecule is CC(C)(C)c1ccc2c(c1)c1cc(C(C)(C)C)ccc1n2-c1cccc(C=Nc2ccccc2SCc2cc(Br)cc(Br)c2O)c1O. The Morgan fingerprint density at radius 2 is 1.34 bits per heavy atom. The average molecular weight is 771 g/mol. The molecule has 1 aromatic heterocycles.